The van der Waals surface area contributed by atoms with Gasteiger partial charge in [0.05, 0.1) is 6.54 Å². The Kier molecular flexibility index (Phi) is 4.64. The quantitative estimate of drug-likeness (QED) is 0.604. The van der Waals surface area contributed by atoms with Crippen LogP contribution in [0.15, 0.2) is 29.6 Å². The maximum atomic E-state index is 11.8. The summed E-state index contributed by atoms with van der Waals surface area (Å²) < 4.78 is 2.59. The predicted octanol–water partition coefficient (Wildman–Crippen LogP) is -1.91. The largest absolute Gasteiger partial charge is 0.353 e. The standard InChI is InChI=1S/C14H15N7O4/c22-11(7-19-12(23)3-4-13(19)24)16-5-6-20-14(25)2-1-10(18-20)21-9-15-8-17-21/h1-2,8-9H,3-7H2,(H,16,22). The molecule has 3 rings (SSSR count). The van der Waals surface area contributed by atoms with E-state index in [1.165, 1.54) is 34.2 Å². The van der Waals surface area contributed by atoms with Crippen molar-refractivity contribution in [3.8, 4) is 5.82 Å². The molecule has 0 spiro atoms. The Morgan fingerprint density at radius 3 is 2.60 bits per heavy atom. The van der Waals surface area contributed by atoms with Gasteiger partial charge in [-0.15, -0.1) is 5.10 Å². The smallest absolute Gasteiger partial charge is 0.266 e. The summed E-state index contributed by atoms with van der Waals surface area (Å²) in [5.41, 5.74) is -0.331. The summed E-state index contributed by atoms with van der Waals surface area (Å²) in [6.45, 7) is -0.0449. The lowest BCUT2D eigenvalue weighted by molar-refractivity contribution is -0.142. The topological polar surface area (TPSA) is 132 Å². The van der Waals surface area contributed by atoms with Crippen molar-refractivity contribution in [2.24, 2.45) is 0 Å². The van der Waals surface area contributed by atoms with Crippen molar-refractivity contribution in [3.05, 3.63) is 35.1 Å². The second kappa shape index (κ2) is 7.03. The van der Waals surface area contributed by atoms with Crippen LogP contribution in [0.3, 0.4) is 0 Å². The minimum Gasteiger partial charge on any atom is -0.353 e. The molecule has 3 amide bonds. The highest BCUT2D eigenvalue weighted by Crippen LogP contribution is 2.10. The van der Waals surface area contributed by atoms with Crippen LogP contribution in [0, 0.1) is 0 Å². The lowest BCUT2D eigenvalue weighted by Gasteiger charge is -2.13. The molecule has 3 heterocycles. The first-order chi connectivity index (χ1) is 12.0. The zero-order valence-electron chi connectivity index (χ0n) is 13.2. The van der Waals surface area contributed by atoms with Crippen LogP contribution in [-0.2, 0) is 20.9 Å². The second-order valence-electron chi connectivity index (χ2n) is 5.32. The summed E-state index contributed by atoms with van der Waals surface area (Å²) in [6.07, 6.45) is 3.07. The fraction of sp³-hybridized carbons (Fsp3) is 0.357. The van der Waals surface area contributed by atoms with E-state index in [9.17, 15) is 19.2 Å². The van der Waals surface area contributed by atoms with Crippen molar-refractivity contribution in [1.29, 1.82) is 0 Å². The highest BCUT2D eigenvalue weighted by atomic mass is 16.2. The van der Waals surface area contributed by atoms with E-state index in [4.69, 9.17) is 0 Å². The van der Waals surface area contributed by atoms with Crippen molar-refractivity contribution in [2.75, 3.05) is 13.1 Å². The summed E-state index contributed by atoms with van der Waals surface area (Å²) in [5.74, 6) is -0.752. The van der Waals surface area contributed by atoms with E-state index in [0.717, 1.165) is 4.90 Å². The zero-order valence-corrected chi connectivity index (χ0v) is 13.2. The van der Waals surface area contributed by atoms with Crippen LogP contribution in [0.4, 0.5) is 0 Å². The molecule has 130 valence electrons. The number of aromatic nitrogens is 5. The number of nitrogens with one attached hydrogen (secondary N) is 1. The number of rotatable bonds is 6. The Balaban J connectivity index is 1.56. The monoisotopic (exact) mass is 345 g/mol. The lowest BCUT2D eigenvalue weighted by atomic mass is 10.4. The number of hydrogen-bond acceptors (Lipinski definition) is 7. The molecule has 11 heteroatoms. The molecule has 0 saturated carbocycles. The number of carbonyl (C=O) groups excluding carboxylic acids is 3. The van der Waals surface area contributed by atoms with Crippen LogP contribution in [0.25, 0.3) is 5.82 Å². The molecular formula is C14H15N7O4. The average molecular weight is 345 g/mol. The molecule has 2 aromatic rings. The van der Waals surface area contributed by atoms with E-state index in [-0.39, 0.29) is 49.8 Å². The van der Waals surface area contributed by atoms with Crippen molar-refractivity contribution in [2.45, 2.75) is 19.4 Å². The van der Waals surface area contributed by atoms with Crippen LogP contribution in [0.2, 0.25) is 0 Å². The number of amides is 3. The highest BCUT2D eigenvalue weighted by molar-refractivity contribution is 6.04. The van der Waals surface area contributed by atoms with Crippen LogP contribution in [0.1, 0.15) is 12.8 Å². The van der Waals surface area contributed by atoms with Gasteiger partial charge in [0.25, 0.3) is 5.56 Å². The van der Waals surface area contributed by atoms with Gasteiger partial charge in [0.15, 0.2) is 5.82 Å². The molecule has 25 heavy (non-hydrogen) atoms. The Labute approximate surface area is 141 Å². The van der Waals surface area contributed by atoms with E-state index in [1.54, 1.807) is 0 Å². The molecule has 0 aliphatic carbocycles. The lowest BCUT2D eigenvalue weighted by Crippen LogP contribution is -2.41. The molecular weight excluding hydrogens is 330 g/mol. The van der Waals surface area contributed by atoms with Gasteiger partial charge < -0.3 is 5.32 Å². The number of hydrogen-bond donors (Lipinski definition) is 1. The Hall–Kier alpha value is -3.37. The van der Waals surface area contributed by atoms with Crippen LogP contribution in [0.5, 0.6) is 0 Å². The fourth-order valence-electron chi connectivity index (χ4n) is 2.35. The molecule has 1 N–H and O–H groups in total. The SMILES string of the molecule is O=C(CN1C(=O)CCC1=O)NCCn1nc(-n2cncn2)ccc1=O. The normalized spacial score (nSPS) is 14.2. The maximum absolute atomic E-state index is 11.8. The van der Waals surface area contributed by atoms with Crippen molar-refractivity contribution < 1.29 is 14.4 Å². The average Bonchev–Trinajstić information content (AvgIpc) is 3.22. The summed E-state index contributed by atoms with van der Waals surface area (Å²) in [4.78, 5) is 51.3. The Morgan fingerprint density at radius 2 is 1.92 bits per heavy atom. The molecule has 0 radical (unpaired) electrons. The molecule has 0 atom stereocenters. The summed E-state index contributed by atoms with van der Waals surface area (Å²) in [6, 6.07) is 2.85. The molecule has 11 nitrogen and oxygen atoms in total. The van der Waals surface area contributed by atoms with Gasteiger partial charge in [0.1, 0.15) is 19.2 Å². The summed E-state index contributed by atoms with van der Waals surface area (Å²) in [7, 11) is 0. The summed E-state index contributed by atoms with van der Waals surface area (Å²) >= 11 is 0. The molecule has 1 aliphatic rings. The van der Waals surface area contributed by atoms with Gasteiger partial charge in [0.2, 0.25) is 17.7 Å². The minimum atomic E-state index is -0.468. The number of carbonyl (C=O) groups is 3. The summed E-state index contributed by atoms with van der Waals surface area (Å²) in [5, 5.41) is 10.6. The fourth-order valence-corrected chi connectivity index (χ4v) is 2.35. The molecule has 1 saturated heterocycles. The Morgan fingerprint density at radius 1 is 1.16 bits per heavy atom. The van der Waals surface area contributed by atoms with Crippen LogP contribution < -0.4 is 10.9 Å². The van der Waals surface area contributed by atoms with Gasteiger partial charge in [-0.3, -0.25) is 24.1 Å². The first kappa shape index (κ1) is 16.5. The molecule has 1 fully saturated rings. The molecule has 0 aromatic carbocycles. The van der Waals surface area contributed by atoms with Gasteiger partial charge >= 0.3 is 0 Å². The van der Waals surface area contributed by atoms with Crippen LogP contribution >= 0.6 is 0 Å². The van der Waals surface area contributed by atoms with E-state index in [2.05, 4.69) is 20.5 Å². The first-order valence-electron chi connectivity index (χ1n) is 7.57. The van der Waals surface area contributed by atoms with Crippen molar-refractivity contribution in [3.63, 3.8) is 0 Å². The van der Waals surface area contributed by atoms with Gasteiger partial charge in [-0.05, 0) is 6.07 Å². The molecule has 0 bridgehead atoms. The minimum absolute atomic E-state index is 0.128. The van der Waals surface area contributed by atoms with Gasteiger partial charge in [-0.2, -0.15) is 5.10 Å². The van der Waals surface area contributed by atoms with Crippen molar-refractivity contribution >= 4 is 17.7 Å². The van der Waals surface area contributed by atoms with Gasteiger partial charge in [-0.1, -0.05) is 0 Å². The predicted molar refractivity (Wildman–Crippen MR) is 82.4 cm³/mol. The van der Waals surface area contributed by atoms with Crippen LogP contribution in [-0.4, -0.2) is 60.3 Å². The second-order valence-corrected chi connectivity index (χ2v) is 5.32. The van der Waals surface area contributed by atoms with Gasteiger partial charge in [0, 0.05) is 25.5 Å². The highest BCUT2D eigenvalue weighted by Gasteiger charge is 2.30. The number of likely N-dealkylation sites (tertiary alicyclic amines) is 1. The van der Waals surface area contributed by atoms with E-state index >= 15 is 0 Å². The zero-order chi connectivity index (χ0) is 17.8. The third kappa shape index (κ3) is 3.76. The third-order valence-electron chi connectivity index (χ3n) is 3.61. The molecule has 1 aliphatic heterocycles. The molecule has 2 aromatic heterocycles. The van der Waals surface area contributed by atoms with E-state index < -0.39 is 5.91 Å². The van der Waals surface area contributed by atoms with Crippen molar-refractivity contribution in [1.82, 2.24) is 34.8 Å². The Bertz CT molecular complexity index is 842. The number of imide groups is 1. The third-order valence-corrected chi connectivity index (χ3v) is 3.61. The number of nitrogens with zero attached hydrogens (tertiary/aromatic N) is 6. The molecule has 0 unspecified atom stereocenters. The van der Waals surface area contributed by atoms with E-state index in [1.807, 2.05) is 0 Å². The first-order valence-corrected chi connectivity index (χ1v) is 7.57. The maximum Gasteiger partial charge on any atom is 0.266 e. The van der Waals surface area contributed by atoms with Gasteiger partial charge in [-0.25, -0.2) is 14.3 Å². The van der Waals surface area contributed by atoms with E-state index in [0.29, 0.717) is 5.82 Å².